The van der Waals surface area contributed by atoms with Crippen molar-refractivity contribution in [2.45, 2.75) is 6.54 Å². The lowest BCUT2D eigenvalue weighted by Gasteiger charge is -2.04. The van der Waals surface area contributed by atoms with Crippen molar-refractivity contribution in [1.29, 1.82) is 0 Å². The zero-order chi connectivity index (χ0) is 15.2. The van der Waals surface area contributed by atoms with Gasteiger partial charge in [-0.15, -0.1) is 12.4 Å². The molecule has 0 saturated carbocycles. The molecule has 0 saturated heterocycles. The minimum Gasteiger partial charge on any atom is -0.478 e. The van der Waals surface area contributed by atoms with Gasteiger partial charge in [0.05, 0.1) is 23.7 Å². The van der Waals surface area contributed by atoms with Crippen LogP contribution in [0.3, 0.4) is 0 Å². The average Bonchev–Trinajstić information content (AvgIpc) is 2.92. The van der Waals surface area contributed by atoms with E-state index in [9.17, 15) is 4.79 Å². The fourth-order valence-electron chi connectivity index (χ4n) is 1.85. The van der Waals surface area contributed by atoms with Gasteiger partial charge >= 0.3 is 5.97 Å². The smallest absolute Gasteiger partial charge is 0.335 e. The third kappa shape index (κ3) is 4.74. The van der Waals surface area contributed by atoms with Crippen molar-refractivity contribution in [3.8, 4) is 11.3 Å². The van der Waals surface area contributed by atoms with E-state index in [1.807, 2.05) is 6.07 Å². The van der Waals surface area contributed by atoms with Gasteiger partial charge in [0, 0.05) is 19.2 Å². The molecule has 0 aliphatic rings. The van der Waals surface area contributed by atoms with Gasteiger partial charge in [-0.1, -0.05) is 11.6 Å². The van der Waals surface area contributed by atoms with Crippen LogP contribution in [0.1, 0.15) is 16.1 Å². The van der Waals surface area contributed by atoms with E-state index < -0.39 is 5.97 Å². The molecule has 0 bridgehead atoms. The average molecular weight is 346 g/mol. The van der Waals surface area contributed by atoms with Crippen LogP contribution in [-0.2, 0) is 11.3 Å². The van der Waals surface area contributed by atoms with Gasteiger partial charge in [-0.05, 0) is 30.3 Å². The van der Waals surface area contributed by atoms with Gasteiger partial charge in [0.1, 0.15) is 11.5 Å². The van der Waals surface area contributed by atoms with Crippen LogP contribution in [0.25, 0.3) is 11.3 Å². The lowest BCUT2D eigenvalue weighted by Crippen LogP contribution is -2.18. The van der Waals surface area contributed by atoms with E-state index in [1.165, 1.54) is 12.1 Å². The van der Waals surface area contributed by atoms with Crippen molar-refractivity contribution >= 4 is 30.0 Å². The molecule has 0 amide bonds. The Balaban J connectivity index is 0.00000242. The lowest BCUT2D eigenvalue weighted by molar-refractivity contribution is 0.0697. The van der Waals surface area contributed by atoms with Crippen LogP contribution < -0.4 is 5.32 Å². The van der Waals surface area contributed by atoms with Crippen molar-refractivity contribution < 1.29 is 19.1 Å². The van der Waals surface area contributed by atoms with Crippen LogP contribution in [-0.4, -0.2) is 31.3 Å². The minimum absolute atomic E-state index is 0. The number of nitrogens with one attached hydrogen (secondary N) is 1. The molecule has 0 radical (unpaired) electrons. The zero-order valence-corrected chi connectivity index (χ0v) is 13.5. The molecular formula is C15H17Cl2NO4. The lowest BCUT2D eigenvalue weighted by atomic mass is 10.1. The summed E-state index contributed by atoms with van der Waals surface area (Å²) in [6, 6.07) is 8.13. The molecule has 2 aromatic rings. The summed E-state index contributed by atoms with van der Waals surface area (Å²) in [6.45, 7) is 1.92. The molecule has 120 valence electrons. The van der Waals surface area contributed by atoms with Gasteiger partial charge in [0.15, 0.2) is 0 Å². The van der Waals surface area contributed by atoms with E-state index in [0.717, 1.165) is 12.3 Å². The molecule has 5 nitrogen and oxygen atoms in total. The topological polar surface area (TPSA) is 71.7 Å². The van der Waals surface area contributed by atoms with Crippen molar-refractivity contribution in [2.75, 3.05) is 20.3 Å². The summed E-state index contributed by atoms with van der Waals surface area (Å²) in [7, 11) is 1.64. The first-order valence-electron chi connectivity index (χ1n) is 6.43. The molecule has 1 aromatic carbocycles. The quantitative estimate of drug-likeness (QED) is 0.752. The second-order valence-electron chi connectivity index (χ2n) is 4.44. The van der Waals surface area contributed by atoms with E-state index >= 15 is 0 Å². The zero-order valence-electron chi connectivity index (χ0n) is 12.0. The summed E-state index contributed by atoms with van der Waals surface area (Å²) in [6.07, 6.45) is 0. The number of carbonyl (C=O) groups is 1. The van der Waals surface area contributed by atoms with Gasteiger partial charge in [0.25, 0.3) is 0 Å². The van der Waals surface area contributed by atoms with Gasteiger partial charge in [-0.2, -0.15) is 0 Å². The summed E-state index contributed by atoms with van der Waals surface area (Å²) < 4.78 is 10.6. The van der Waals surface area contributed by atoms with Gasteiger partial charge in [-0.25, -0.2) is 4.79 Å². The predicted octanol–water partition coefficient (Wildman–Crippen LogP) is 3.46. The minimum atomic E-state index is -0.999. The van der Waals surface area contributed by atoms with E-state index in [4.69, 9.17) is 25.9 Å². The van der Waals surface area contributed by atoms with Crippen LogP contribution in [0.4, 0.5) is 0 Å². The Labute approximate surface area is 139 Å². The molecule has 7 heteroatoms. The van der Waals surface area contributed by atoms with Crippen LogP contribution in [0.2, 0.25) is 5.02 Å². The van der Waals surface area contributed by atoms with Gasteiger partial charge < -0.3 is 19.6 Å². The Kier molecular flexibility index (Phi) is 7.41. The number of halogens is 2. The summed E-state index contributed by atoms with van der Waals surface area (Å²) in [5.74, 6) is 0.297. The fourth-order valence-corrected chi connectivity index (χ4v) is 2.06. The highest BCUT2D eigenvalue weighted by Gasteiger charge is 2.12. The molecule has 1 aromatic heterocycles. The number of hydrogen-bond acceptors (Lipinski definition) is 4. The standard InChI is InChI=1S/C15H16ClNO4.ClH/c1-20-7-6-17-9-11-3-5-14(21-11)12-8-10(15(18)19)2-4-13(12)16;/h2-5,8,17H,6-7,9H2,1H3,(H,18,19);1H. The van der Waals surface area contributed by atoms with E-state index in [-0.39, 0.29) is 18.0 Å². The number of hydrogen-bond donors (Lipinski definition) is 2. The first-order chi connectivity index (χ1) is 10.1. The fraction of sp³-hybridized carbons (Fsp3) is 0.267. The molecule has 0 atom stereocenters. The maximum absolute atomic E-state index is 11.0. The molecule has 2 N–H and O–H groups in total. The van der Waals surface area contributed by atoms with Crippen LogP contribution >= 0.6 is 24.0 Å². The highest BCUT2D eigenvalue weighted by molar-refractivity contribution is 6.33. The molecule has 0 spiro atoms. The number of carboxylic acid groups (broad SMARTS) is 1. The number of ether oxygens (including phenoxy) is 1. The van der Waals surface area contributed by atoms with E-state index in [2.05, 4.69) is 5.32 Å². The largest absolute Gasteiger partial charge is 0.478 e. The molecular weight excluding hydrogens is 329 g/mol. The van der Waals surface area contributed by atoms with Crippen molar-refractivity contribution in [2.24, 2.45) is 0 Å². The highest BCUT2D eigenvalue weighted by atomic mass is 35.5. The number of carboxylic acids is 1. The third-order valence-electron chi connectivity index (χ3n) is 2.92. The number of benzene rings is 1. The van der Waals surface area contributed by atoms with Crippen molar-refractivity contribution in [3.63, 3.8) is 0 Å². The summed E-state index contributed by atoms with van der Waals surface area (Å²) >= 11 is 6.11. The van der Waals surface area contributed by atoms with Gasteiger partial charge in [0.2, 0.25) is 0 Å². The van der Waals surface area contributed by atoms with Crippen molar-refractivity contribution in [1.82, 2.24) is 5.32 Å². The predicted molar refractivity (Wildman–Crippen MR) is 86.9 cm³/mol. The third-order valence-corrected chi connectivity index (χ3v) is 3.25. The molecule has 0 aliphatic carbocycles. The monoisotopic (exact) mass is 345 g/mol. The first kappa shape index (κ1) is 18.5. The van der Waals surface area contributed by atoms with Crippen LogP contribution in [0.15, 0.2) is 34.7 Å². The van der Waals surface area contributed by atoms with Crippen LogP contribution in [0.5, 0.6) is 0 Å². The Bertz CT molecular complexity index is 628. The Morgan fingerprint density at radius 2 is 2.14 bits per heavy atom. The van der Waals surface area contributed by atoms with Crippen LogP contribution in [0, 0.1) is 0 Å². The second-order valence-corrected chi connectivity index (χ2v) is 4.84. The Hall–Kier alpha value is -1.53. The molecule has 0 aliphatic heterocycles. The van der Waals surface area contributed by atoms with E-state index in [1.54, 1.807) is 19.2 Å². The first-order valence-corrected chi connectivity index (χ1v) is 6.81. The number of aromatic carboxylic acids is 1. The SMILES string of the molecule is COCCNCc1ccc(-c2cc(C(=O)O)ccc2Cl)o1.Cl. The number of methoxy groups -OCH3 is 1. The normalized spacial score (nSPS) is 10.3. The maximum Gasteiger partial charge on any atom is 0.335 e. The summed E-state index contributed by atoms with van der Waals surface area (Å²) in [5.41, 5.74) is 0.741. The maximum atomic E-state index is 11.0. The molecule has 0 fully saturated rings. The highest BCUT2D eigenvalue weighted by Crippen LogP contribution is 2.30. The molecule has 0 unspecified atom stereocenters. The Morgan fingerprint density at radius 3 is 2.82 bits per heavy atom. The molecule has 1 heterocycles. The molecule has 22 heavy (non-hydrogen) atoms. The summed E-state index contributed by atoms with van der Waals surface area (Å²) in [5, 5.41) is 12.6. The number of furan rings is 1. The number of rotatable bonds is 7. The summed E-state index contributed by atoms with van der Waals surface area (Å²) in [4.78, 5) is 11.0. The van der Waals surface area contributed by atoms with Gasteiger partial charge in [-0.3, -0.25) is 0 Å². The second kappa shape index (κ2) is 8.80. The van der Waals surface area contributed by atoms with E-state index in [0.29, 0.717) is 29.5 Å². The van der Waals surface area contributed by atoms with Crippen molar-refractivity contribution in [3.05, 3.63) is 46.7 Å². The Morgan fingerprint density at radius 1 is 1.36 bits per heavy atom. The molecule has 2 rings (SSSR count).